The quantitative estimate of drug-likeness (QED) is 0.586. The van der Waals surface area contributed by atoms with Crippen molar-refractivity contribution < 1.29 is 0 Å². The molecule has 0 aromatic carbocycles. The molecule has 1 heteroatoms. The molecule has 126 valence electrons. The van der Waals surface area contributed by atoms with Crippen molar-refractivity contribution in [3.05, 3.63) is 70.5 Å². The summed E-state index contributed by atoms with van der Waals surface area (Å²) in [7, 11) is 0. The van der Waals surface area contributed by atoms with E-state index in [-0.39, 0.29) is 0 Å². The van der Waals surface area contributed by atoms with Gasteiger partial charge in [0.15, 0.2) is 0 Å². The molecule has 0 radical (unpaired) electrons. The molecule has 0 saturated heterocycles. The Kier molecular flexibility index (Phi) is 6.87. The molecule has 0 spiro atoms. The number of rotatable bonds is 5. The second kappa shape index (κ2) is 8.19. The van der Waals surface area contributed by atoms with E-state index in [1.807, 2.05) is 19.9 Å². The Bertz CT molecular complexity index is 604. The maximum atomic E-state index is 5.97. The summed E-state index contributed by atoms with van der Waals surface area (Å²) >= 11 is 0. The first-order chi connectivity index (χ1) is 10.6. The summed E-state index contributed by atoms with van der Waals surface area (Å²) in [6.07, 6.45) is 14.6. The van der Waals surface area contributed by atoms with Gasteiger partial charge >= 0.3 is 0 Å². The molecule has 0 aromatic rings. The van der Waals surface area contributed by atoms with E-state index in [0.717, 1.165) is 16.8 Å². The Hall–Kier alpha value is -1.76. The summed E-state index contributed by atoms with van der Waals surface area (Å²) in [4.78, 5) is 0. The average molecular weight is 312 g/mol. The van der Waals surface area contributed by atoms with Gasteiger partial charge in [0.1, 0.15) is 0 Å². The molecule has 23 heavy (non-hydrogen) atoms. The fraction of sp³-hybridized carbons (Fsp3) is 0.455. The second-order valence-corrected chi connectivity index (χ2v) is 7.41. The van der Waals surface area contributed by atoms with Crippen LogP contribution in [0.25, 0.3) is 0 Å². The molecule has 0 aromatic heterocycles. The lowest BCUT2D eigenvalue weighted by molar-refractivity contribution is 0.377. The standard InChI is InChI=1S/C22H33N/c1-16(2)21(23)19(5)11-8-10-17(3)13-14-20-18(4)12-9-15-22(20,6)7/h8,10-11,13-14H,1,9,12,15,23H2,2-7H3/b11-8+,14-13+,17-10-,21-19-. The monoisotopic (exact) mass is 311 g/mol. The summed E-state index contributed by atoms with van der Waals surface area (Å²) < 4.78 is 0. The first-order valence-electron chi connectivity index (χ1n) is 8.50. The van der Waals surface area contributed by atoms with Crippen molar-refractivity contribution in [1.29, 1.82) is 0 Å². The predicted octanol–water partition coefficient (Wildman–Crippen LogP) is 6.38. The van der Waals surface area contributed by atoms with Crippen molar-refractivity contribution in [2.24, 2.45) is 11.1 Å². The van der Waals surface area contributed by atoms with E-state index in [1.165, 1.54) is 36.0 Å². The van der Waals surface area contributed by atoms with Crippen LogP contribution in [0.2, 0.25) is 0 Å². The van der Waals surface area contributed by atoms with Crippen LogP contribution in [0.15, 0.2) is 70.5 Å². The highest BCUT2D eigenvalue weighted by Crippen LogP contribution is 2.40. The van der Waals surface area contributed by atoms with Crippen LogP contribution in [0.3, 0.4) is 0 Å². The van der Waals surface area contributed by atoms with Gasteiger partial charge in [-0.05, 0) is 69.1 Å². The van der Waals surface area contributed by atoms with E-state index in [0.29, 0.717) is 5.41 Å². The Morgan fingerprint density at radius 1 is 1.17 bits per heavy atom. The van der Waals surface area contributed by atoms with Gasteiger partial charge in [0.25, 0.3) is 0 Å². The van der Waals surface area contributed by atoms with Crippen LogP contribution in [0.5, 0.6) is 0 Å². The van der Waals surface area contributed by atoms with Gasteiger partial charge in [-0.25, -0.2) is 0 Å². The highest BCUT2D eigenvalue weighted by molar-refractivity contribution is 5.38. The normalized spacial score (nSPS) is 20.3. The van der Waals surface area contributed by atoms with Crippen LogP contribution >= 0.6 is 0 Å². The summed E-state index contributed by atoms with van der Waals surface area (Å²) in [5.41, 5.74) is 13.3. The fourth-order valence-electron chi connectivity index (χ4n) is 3.05. The van der Waals surface area contributed by atoms with Gasteiger partial charge in [0.05, 0.1) is 0 Å². The van der Waals surface area contributed by atoms with Crippen molar-refractivity contribution in [2.75, 3.05) is 0 Å². The maximum absolute atomic E-state index is 5.97. The molecular weight excluding hydrogens is 278 g/mol. The summed E-state index contributed by atoms with van der Waals surface area (Å²) in [5.74, 6) is 0. The number of hydrogen-bond donors (Lipinski definition) is 1. The van der Waals surface area contributed by atoms with Crippen molar-refractivity contribution in [2.45, 2.75) is 60.8 Å². The highest BCUT2D eigenvalue weighted by Gasteiger charge is 2.26. The minimum absolute atomic E-state index is 0.296. The molecule has 1 aliphatic rings. The summed E-state index contributed by atoms with van der Waals surface area (Å²) in [6.45, 7) is 16.9. The number of hydrogen-bond acceptors (Lipinski definition) is 1. The van der Waals surface area contributed by atoms with Crippen LogP contribution in [0, 0.1) is 5.41 Å². The largest absolute Gasteiger partial charge is 0.398 e. The van der Waals surface area contributed by atoms with E-state index in [2.05, 4.69) is 58.6 Å². The van der Waals surface area contributed by atoms with Crippen LogP contribution in [0.4, 0.5) is 0 Å². The molecule has 2 N–H and O–H groups in total. The van der Waals surface area contributed by atoms with E-state index in [4.69, 9.17) is 5.73 Å². The molecular formula is C22H33N. The SMILES string of the molecule is C=C(C)/C(N)=C(C)/C=C/C=C(C)\C=C\C1=C(C)CCCC1(C)C. The topological polar surface area (TPSA) is 26.0 Å². The van der Waals surface area contributed by atoms with Gasteiger partial charge in [-0.2, -0.15) is 0 Å². The van der Waals surface area contributed by atoms with Crippen LogP contribution < -0.4 is 5.73 Å². The lowest BCUT2D eigenvalue weighted by Gasteiger charge is -2.32. The number of nitrogens with two attached hydrogens (primary N) is 1. The minimum atomic E-state index is 0.296. The zero-order valence-electron chi connectivity index (χ0n) is 15.8. The molecule has 0 fully saturated rings. The van der Waals surface area contributed by atoms with Gasteiger partial charge < -0.3 is 5.73 Å². The third kappa shape index (κ3) is 5.74. The molecule has 0 heterocycles. The smallest absolute Gasteiger partial charge is 0.0367 e. The van der Waals surface area contributed by atoms with Gasteiger partial charge in [-0.15, -0.1) is 0 Å². The van der Waals surface area contributed by atoms with Crippen molar-refractivity contribution in [3.8, 4) is 0 Å². The van der Waals surface area contributed by atoms with Crippen molar-refractivity contribution >= 4 is 0 Å². The van der Waals surface area contributed by atoms with Gasteiger partial charge in [-0.1, -0.05) is 62.0 Å². The molecule has 0 saturated carbocycles. The Morgan fingerprint density at radius 2 is 1.83 bits per heavy atom. The van der Waals surface area contributed by atoms with E-state index in [1.54, 1.807) is 0 Å². The average Bonchev–Trinajstić information content (AvgIpc) is 2.44. The van der Waals surface area contributed by atoms with Gasteiger partial charge in [0.2, 0.25) is 0 Å². The molecule has 0 bridgehead atoms. The Balaban J connectivity index is 2.85. The highest BCUT2D eigenvalue weighted by atomic mass is 14.6. The van der Waals surface area contributed by atoms with Crippen LogP contribution in [-0.2, 0) is 0 Å². The van der Waals surface area contributed by atoms with Crippen LogP contribution in [0.1, 0.15) is 60.8 Å². The van der Waals surface area contributed by atoms with Crippen molar-refractivity contribution in [1.82, 2.24) is 0 Å². The van der Waals surface area contributed by atoms with Crippen LogP contribution in [-0.4, -0.2) is 0 Å². The summed E-state index contributed by atoms with van der Waals surface area (Å²) in [6, 6.07) is 0. The molecule has 1 nitrogen and oxygen atoms in total. The van der Waals surface area contributed by atoms with E-state index in [9.17, 15) is 0 Å². The third-order valence-electron chi connectivity index (χ3n) is 4.65. The fourth-order valence-corrected chi connectivity index (χ4v) is 3.05. The van der Waals surface area contributed by atoms with Crippen molar-refractivity contribution in [3.63, 3.8) is 0 Å². The molecule has 1 aliphatic carbocycles. The summed E-state index contributed by atoms with van der Waals surface area (Å²) in [5, 5.41) is 0. The maximum Gasteiger partial charge on any atom is 0.0367 e. The third-order valence-corrected chi connectivity index (χ3v) is 4.65. The minimum Gasteiger partial charge on any atom is -0.398 e. The zero-order chi connectivity index (χ0) is 17.6. The van der Waals surface area contributed by atoms with E-state index >= 15 is 0 Å². The Morgan fingerprint density at radius 3 is 2.39 bits per heavy atom. The lowest BCUT2D eigenvalue weighted by atomic mass is 9.72. The first-order valence-corrected chi connectivity index (χ1v) is 8.50. The first kappa shape index (κ1) is 19.3. The van der Waals surface area contributed by atoms with Gasteiger partial charge in [0, 0.05) is 5.70 Å². The predicted molar refractivity (Wildman–Crippen MR) is 104 cm³/mol. The number of allylic oxidation sites excluding steroid dienone is 10. The Labute approximate surface area is 143 Å². The molecule has 1 rings (SSSR count). The molecule has 0 amide bonds. The molecule has 0 aliphatic heterocycles. The van der Waals surface area contributed by atoms with E-state index < -0.39 is 0 Å². The molecule has 0 atom stereocenters. The molecule has 0 unspecified atom stereocenters. The van der Waals surface area contributed by atoms with Gasteiger partial charge in [-0.3, -0.25) is 0 Å². The zero-order valence-corrected chi connectivity index (χ0v) is 15.8. The second-order valence-electron chi connectivity index (χ2n) is 7.41. The lowest BCUT2D eigenvalue weighted by Crippen LogP contribution is -2.19.